The van der Waals surface area contributed by atoms with Crippen LogP contribution >= 0.6 is 24.0 Å². The Morgan fingerprint density at radius 3 is 2.90 bits per heavy atom. The second-order valence-electron chi connectivity index (χ2n) is 8.44. The number of hydrogen-bond donors (Lipinski definition) is 2. The molecule has 0 saturated heterocycles. The zero-order valence-corrected chi connectivity index (χ0v) is 18.9. The number of imidazole rings is 1. The number of thioether (sulfide) groups is 1. The van der Waals surface area contributed by atoms with E-state index in [1.165, 1.54) is 25.7 Å². The lowest BCUT2D eigenvalue weighted by molar-refractivity contribution is 0.392. The molecule has 30 heavy (non-hydrogen) atoms. The summed E-state index contributed by atoms with van der Waals surface area (Å²) in [5.74, 6) is 3.42. The van der Waals surface area contributed by atoms with Crippen molar-refractivity contribution in [3.63, 3.8) is 0 Å². The van der Waals surface area contributed by atoms with Crippen LogP contribution < -0.4 is 10.6 Å². The second-order valence-corrected chi connectivity index (χ2v) is 9.79. The highest BCUT2D eigenvalue weighted by molar-refractivity contribution is 7.98. The average molecular weight is 439 g/mol. The molecular formula is C22H26N6S2. The second kappa shape index (κ2) is 8.15. The zero-order valence-electron chi connectivity index (χ0n) is 17.3. The minimum Gasteiger partial charge on any atom is -0.359 e. The van der Waals surface area contributed by atoms with Crippen LogP contribution in [0.5, 0.6) is 0 Å². The van der Waals surface area contributed by atoms with Gasteiger partial charge in [0.2, 0.25) is 0 Å². The van der Waals surface area contributed by atoms with E-state index in [0.29, 0.717) is 6.04 Å². The van der Waals surface area contributed by atoms with Gasteiger partial charge in [-0.15, -0.1) is 0 Å². The normalized spacial score (nSPS) is 22.5. The van der Waals surface area contributed by atoms with Crippen molar-refractivity contribution >= 4 is 45.8 Å². The number of nitrogens with one attached hydrogen (secondary N) is 2. The topological polar surface area (TPSA) is 67.7 Å². The molecule has 2 heterocycles. The molecule has 156 valence electrons. The largest absolute Gasteiger partial charge is 0.359 e. The summed E-state index contributed by atoms with van der Waals surface area (Å²) in [7, 11) is 2.05. The van der Waals surface area contributed by atoms with Crippen LogP contribution in [0.2, 0.25) is 0 Å². The molecular weight excluding hydrogens is 412 g/mol. The molecule has 0 spiro atoms. The maximum absolute atomic E-state index is 5.58. The lowest BCUT2D eigenvalue weighted by Crippen LogP contribution is -2.40. The summed E-state index contributed by atoms with van der Waals surface area (Å²) in [6, 6.07) is 8.68. The highest BCUT2D eigenvalue weighted by Gasteiger charge is 2.39. The molecule has 2 bridgehead atoms. The molecule has 3 aromatic rings. The van der Waals surface area contributed by atoms with Gasteiger partial charge in [-0.2, -0.15) is 0 Å². The standard InChI is InChI=1S/C22H26N6S2/c1-13-7-8-23-22(24-13)30-12-20-26-18-11-16(5-6-19(18)28(20)2)25-21(29)27-17-10-14-3-4-15(17)9-14/h5-8,11,14-15,17H,3-4,9-10,12H2,1-2H3,(H2,25,27,29)/t14-,15-,17+/m0/s1. The molecule has 3 atom stereocenters. The molecule has 0 amide bonds. The van der Waals surface area contributed by atoms with Gasteiger partial charge in [0.1, 0.15) is 5.82 Å². The van der Waals surface area contributed by atoms with Crippen LogP contribution in [0.3, 0.4) is 0 Å². The number of anilines is 1. The number of benzene rings is 1. The Hall–Kier alpha value is -2.19. The lowest BCUT2D eigenvalue weighted by atomic mass is 9.96. The van der Waals surface area contributed by atoms with Crippen LogP contribution in [0, 0.1) is 18.8 Å². The molecule has 1 aromatic carbocycles. The molecule has 6 nitrogen and oxygen atoms in total. The third-order valence-corrected chi connectivity index (χ3v) is 7.47. The molecule has 5 rings (SSSR count). The highest BCUT2D eigenvalue weighted by atomic mass is 32.2. The lowest BCUT2D eigenvalue weighted by Gasteiger charge is -2.24. The first kappa shape index (κ1) is 19.8. The van der Waals surface area contributed by atoms with Gasteiger partial charge in [-0.1, -0.05) is 18.2 Å². The SMILES string of the molecule is Cc1ccnc(SCc2nc3cc(NC(=S)N[C@@H]4C[C@H]5CC[C@H]4C5)ccc3n2C)n1. The Bertz CT molecular complexity index is 1090. The molecule has 0 radical (unpaired) electrons. The molecule has 2 saturated carbocycles. The average Bonchev–Trinajstić information content (AvgIpc) is 3.41. The van der Waals surface area contributed by atoms with Gasteiger partial charge in [0, 0.05) is 30.7 Å². The van der Waals surface area contributed by atoms with Gasteiger partial charge in [0.05, 0.1) is 16.8 Å². The Morgan fingerprint density at radius 1 is 1.23 bits per heavy atom. The maximum atomic E-state index is 5.58. The summed E-state index contributed by atoms with van der Waals surface area (Å²) >= 11 is 7.19. The molecule has 2 aliphatic rings. The predicted octanol–water partition coefficient (Wildman–Crippen LogP) is 4.44. The fourth-order valence-electron chi connectivity index (χ4n) is 4.84. The van der Waals surface area contributed by atoms with Gasteiger partial charge in [-0.3, -0.25) is 0 Å². The van der Waals surface area contributed by atoms with Gasteiger partial charge in [-0.05, 0) is 74.5 Å². The highest BCUT2D eigenvalue weighted by Crippen LogP contribution is 2.44. The fourth-order valence-corrected chi connectivity index (χ4v) is 5.97. The van der Waals surface area contributed by atoms with Gasteiger partial charge < -0.3 is 15.2 Å². The van der Waals surface area contributed by atoms with E-state index in [4.69, 9.17) is 17.2 Å². The van der Waals surface area contributed by atoms with Crippen LogP contribution in [0.4, 0.5) is 5.69 Å². The van der Waals surface area contributed by atoms with Crippen LogP contribution in [-0.4, -0.2) is 30.7 Å². The minimum atomic E-state index is 0.537. The van der Waals surface area contributed by atoms with Crippen molar-refractivity contribution in [1.82, 2.24) is 24.8 Å². The van der Waals surface area contributed by atoms with Crippen molar-refractivity contribution in [2.75, 3.05) is 5.32 Å². The maximum Gasteiger partial charge on any atom is 0.188 e. The van der Waals surface area contributed by atoms with Crippen LogP contribution in [0.1, 0.15) is 37.2 Å². The van der Waals surface area contributed by atoms with Gasteiger partial charge in [-0.25, -0.2) is 15.0 Å². The summed E-state index contributed by atoms with van der Waals surface area (Å²) in [5, 5.41) is 8.40. The quantitative estimate of drug-likeness (QED) is 0.347. The Kier molecular flexibility index (Phi) is 5.37. The number of thiocarbonyl (C=S) groups is 1. The van der Waals surface area contributed by atoms with Gasteiger partial charge in [0.25, 0.3) is 0 Å². The Labute approximate surface area is 186 Å². The van der Waals surface area contributed by atoms with Crippen molar-refractivity contribution < 1.29 is 0 Å². The van der Waals surface area contributed by atoms with Crippen LogP contribution in [0.15, 0.2) is 35.6 Å². The number of aromatic nitrogens is 4. The summed E-state index contributed by atoms with van der Waals surface area (Å²) in [6.45, 7) is 1.98. The molecule has 8 heteroatoms. The van der Waals surface area contributed by atoms with Gasteiger partial charge in [0.15, 0.2) is 10.3 Å². The van der Waals surface area contributed by atoms with E-state index >= 15 is 0 Å². The number of aryl methyl sites for hydroxylation is 2. The monoisotopic (exact) mass is 438 g/mol. The summed E-state index contributed by atoms with van der Waals surface area (Å²) in [4.78, 5) is 13.6. The van der Waals surface area contributed by atoms with E-state index in [2.05, 4.69) is 50.4 Å². The van der Waals surface area contributed by atoms with Crippen molar-refractivity contribution in [3.05, 3.63) is 42.0 Å². The van der Waals surface area contributed by atoms with Crippen LogP contribution in [-0.2, 0) is 12.8 Å². The van der Waals surface area contributed by atoms with E-state index in [0.717, 1.165) is 56.1 Å². The van der Waals surface area contributed by atoms with Crippen molar-refractivity contribution in [2.24, 2.45) is 18.9 Å². The van der Waals surface area contributed by atoms with E-state index in [-0.39, 0.29) is 0 Å². The minimum absolute atomic E-state index is 0.537. The van der Waals surface area contributed by atoms with E-state index < -0.39 is 0 Å². The summed E-state index contributed by atoms with van der Waals surface area (Å²) < 4.78 is 2.13. The van der Waals surface area contributed by atoms with E-state index in [1.807, 2.05) is 13.0 Å². The Morgan fingerprint density at radius 2 is 2.13 bits per heavy atom. The first-order valence-corrected chi connectivity index (χ1v) is 11.9. The van der Waals surface area contributed by atoms with Gasteiger partial charge >= 0.3 is 0 Å². The van der Waals surface area contributed by atoms with Crippen molar-refractivity contribution in [1.29, 1.82) is 0 Å². The zero-order chi connectivity index (χ0) is 20.7. The predicted molar refractivity (Wildman–Crippen MR) is 126 cm³/mol. The number of nitrogens with zero attached hydrogens (tertiary/aromatic N) is 4. The molecule has 2 N–H and O–H groups in total. The molecule has 0 unspecified atom stereocenters. The van der Waals surface area contributed by atoms with Crippen LogP contribution in [0.25, 0.3) is 11.0 Å². The Balaban J connectivity index is 1.25. The first-order valence-electron chi connectivity index (χ1n) is 10.5. The number of hydrogen-bond acceptors (Lipinski definition) is 5. The first-order chi connectivity index (χ1) is 14.5. The number of fused-ring (bicyclic) bond motifs is 3. The molecule has 2 aromatic heterocycles. The molecule has 2 aliphatic carbocycles. The summed E-state index contributed by atoms with van der Waals surface area (Å²) in [5.41, 5.74) is 4.02. The fraction of sp³-hybridized carbons (Fsp3) is 0.455. The van der Waals surface area contributed by atoms with E-state index in [1.54, 1.807) is 18.0 Å². The van der Waals surface area contributed by atoms with Crippen molar-refractivity contribution in [2.45, 2.75) is 49.6 Å². The van der Waals surface area contributed by atoms with E-state index in [9.17, 15) is 0 Å². The third kappa shape index (κ3) is 4.03. The molecule has 2 fully saturated rings. The number of rotatable bonds is 5. The smallest absolute Gasteiger partial charge is 0.188 e. The van der Waals surface area contributed by atoms with Crippen molar-refractivity contribution in [3.8, 4) is 0 Å². The third-order valence-electron chi connectivity index (χ3n) is 6.39. The molecule has 0 aliphatic heterocycles. The summed E-state index contributed by atoms with van der Waals surface area (Å²) in [6.07, 6.45) is 7.17.